The zero-order chi connectivity index (χ0) is 16.7. The highest BCUT2D eigenvalue weighted by molar-refractivity contribution is 7.89. The van der Waals surface area contributed by atoms with Crippen LogP contribution in [-0.2, 0) is 16.6 Å². The molecule has 1 saturated heterocycles. The van der Waals surface area contributed by atoms with Gasteiger partial charge in [0.1, 0.15) is 0 Å². The summed E-state index contributed by atoms with van der Waals surface area (Å²) in [6.45, 7) is 1.04. The molecule has 1 aliphatic rings. The molecule has 1 aromatic heterocycles. The van der Waals surface area contributed by atoms with Crippen molar-refractivity contribution in [3.8, 4) is 0 Å². The van der Waals surface area contributed by atoms with E-state index in [4.69, 9.17) is 0 Å². The van der Waals surface area contributed by atoms with E-state index in [-0.39, 0.29) is 12.3 Å². The van der Waals surface area contributed by atoms with Crippen molar-refractivity contribution in [1.29, 1.82) is 0 Å². The smallest absolute Gasteiger partial charge is 0.214 e. The Morgan fingerprint density at radius 2 is 1.54 bits per heavy atom. The molecule has 2 aromatic carbocycles. The normalized spacial score (nSPS) is 19.2. The highest BCUT2D eigenvalue weighted by Gasteiger charge is 2.30. The SMILES string of the molecule is O=S1(=O)CCCN1CC(O)Cn1c2ccccc2c2ccccc21. The Labute approximate surface area is 141 Å². The van der Waals surface area contributed by atoms with Gasteiger partial charge in [0.25, 0.3) is 0 Å². The van der Waals surface area contributed by atoms with Crippen LogP contribution in [0.15, 0.2) is 48.5 Å². The van der Waals surface area contributed by atoms with E-state index < -0.39 is 16.1 Å². The topological polar surface area (TPSA) is 62.5 Å². The molecule has 3 aromatic rings. The highest BCUT2D eigenvalue weighted by atomic mass is 32.2. The van der Waals surface area contributed by atoms with E-state index >= 15 is 0 Å². The van der Waals surface area contributed by atoms with E-state index in [0.717, 1.165) is 21.8 Å². The van der Waals surface area contributed by atoms with E-state index in [9.17, 15) is 13.5 Å². The van der Waals surface area contributed by atoms with Gasteiger partial charge in [-0.2, -0.15) is 4.31 Å². The molecule has 6 heteroatoms. The number of benzene rings is 2. The minimum Gasteiger partial charge on any atom is -0.390 e. The molecule has 1 N–H and O–H groups in total. The molecule has 1 fully saturated rings. The number of aromatic nitrogens is 1. The van der Waals surface area contributed by atoms with Gasteiger partial charge in [-0.05, 0) is 18.6 Å². The maximum atomic E-state index is 11.9. The number of hydrogen-bond acceptors (Lipinski definition) is 3. The summed E-state index contributed by atoms with van der Waals surface area (Å²) in [7, 11) is -3.18. The number of hydrogen-bond donors (Lipinski definition) is 1. The molecule has 0 bridgehead atoms. The minimum atomic E-state index is -3.18. The molecule has 0 aliphatic carbocycles. The Morgan fingerprint density at radius 1 is 0.958 bits per heavy atom. The summed E-state index contributed by atoms with van der Waals surface area (Å²) in [6.07, 6.45) is -0.0955. The van der Waals surface area contributed by atoms with Gasteiger partial charge in [0.05, 0.1) is 18.4 Å². The molecule has 2 heterocycles. The second kappa shape index (κ2) is 5.88. The molecule has 1 atom stereocenters. The van der Waals surface area contributed by atoms with Gasteiger partial charge in [0, 0.05) is 34.9 Å². The molecule has 1 unspecified atom stereocenters. The van der Waals surface area contributed by atoms with Crippen LogP contribution >= 0.6 is 0 Å². The third-order valence-electron chi connectivity index (χ3n) is 4.69. The van der Waals surface area contributed by atoms with Gasteiger partial charge in [0.2, 0.25) is 10.0 Å². The summed E-state index contributed by atoms with van der Waals surface area (Å²) in [5.41, 5.74) is 2.11. The van der Waals surface area contributed by atoms with Crippen molar-refractivity contribution in [2.24, 2.45) is 0 Å². The molecule has 1 aliphatic heterocycles. The molecule has 0 radical (unpaired) electrons. The number of sulfonamides is 1. The monoisotopic (exact) mass is 344 g/mol. The quantitative estimate of drug-likeness (QED) is 0.789. The maximum Gasteiger partial charge on any atom is 0.214 e. The van der Waals surface area contributed by atoms with E-state index in [0.29, 0.717) is 19.5 Å². The van der Waals surface area contributed by atoms with Gasteiger partial charge < -0.3 is 9.67 Å². The molecule has 0 saturated carbocycles. The Kier molecular flexibility index (Phi) is 3.83. The van der Waals surface area contributed by atoms with Crippen LogP contribution in [0.25, 0.3) is 21.8 Å². The van der Waals surface area contributed by atoms with Crippen LogP contribution in [0, 0.1) is 0 Å². The van der Waals surface area contributed by atoms with Crippen molar-refractivity contribution in [3.05, 3.63) is 48.5 Å². The van der Waals surface area contributed by atoms with E-state index in [1.54, 1.807) is 0 Å². The molecular weight excluding hydrogens is 324 g/mol. The Hall–Kier alpha value is -1.89. The Bertz CT molecular complexity index is 941. The van der Waals surface area contributed by atoms with Crippen molar-refractivity contribution < 1.29 is 13.5 Å². The average Bonchev–Trinajstić information content (AvgIpc) is 3.06. The molecule has 5 nitrogen and oxygen atoms in total. The predicted molar refractivity (Wildman–Crippen MR) is 95.4 cm³/mol. The van der Waals surface area contributed by atoms with Crippen molar-refractivity contribution in [2.75, 3.05) is 18.8 Å². The number of para-hydroxylation sites is 2. The summed E-state index contributed by atoms with van der Waals surface area (Å²) in [6, 6.07) is 16.2. The van der Waals surface area contributed by atoms with Crippen molar-refractivity contribution >= 4 is 31.8 Å². The number of β-amino-alcohol motifs (C(OH)–C–C–N with tert-alkyl or cyclic N) is 1. The lowest BCUT2D eigenvalue weighted by Gasteiger charge is -2.20. The van der Waals surface area contributed by atoms with Crippen LogP contribution < -0.4 is 0 Å². The van der Waals surface area contributed by atoms with Gasteiger partial charge in [-0.15, -0.1) is 0 Å². The van der Waals surface area contributed by atoms with Crippen LogP contribution in [0.5, 0.6) is 0 Å². The summed E-state index contributed by atoms with van der Waals surface area (Å²) in [5.74, 6) is 0.190. The van der Waals surface area contributed by atoms with Crippen molar-refractivity contribution in [1.82, 2.24) is 8.87 Å². The fourth-order valence-corrected chi connectivity index (χ4v) is 5.16. The zero-order valence-electron chi connectivity index (χ0n) is 13.3. The molecule has 24 heavy (non-hydrogen) atoms. The number of aliphatic hydroxyl groups is 1. The third-order valence-corrected chi connectivity index (χ3v) is 6.61. The molecule has 0 spiro atoms. The number of fused-ring (bicyclic) bond motifs is 3. The van der Waals surface area contributed by atoms with Gasteiger partial charge >= 0.3 is 0 Å². The minimum absolute atomic E-state index is 0.156. The molecular formula is C18H20N2O3S. The van der Waals surface area contributed by atoms with Crippen LogP contribution in [0.2, 0.25) is 0 Å². The number of nitrogens with zero attached hydrogens (tertiary/aromatic N) is 2. The van der Waals surface area contributed by atoms with Gasteiger partial charge in [-0.1, -0.05) is 36.4 Å². The maximum absolute atomic E-state index is 11.9. The van der Waals surface area contributed by atoms with Gasteiger partial charge in [0.15, 0.2) is 0 Å². The van der Waals surface area contributed by atoms with Crippen LogP contribution in [0.3, 0.4) is 0 Å². The standard InChI is InChI=1S/C18H20N2O3S/c21-14(12-19-10-5-11-24(19,22)23)13-20-17-8-3-1-6-15(17)16-7-2-4-9-18(16)20/h1-4,6-9,14,21H,5,10-13H2. The molecule has 0 amide bonds. The average molecular weight is 344 g/mol. The Morgan fingerprint density at radius 3 is 2.08 bits per heavy atom. The Balaban J connectivity index is 1.68. The van der Waals surface area contributed by atoms with Crippen molar-refractivity contribution in [3.63, 3.8) is 0 Å². The summed E-state index contributed by atoms with van der Waals surface area (Å²) < 4.78 is 27.4. The van der Waals surface area contributed by atoms with Gasteiger partial charge in [-0.25, -0.2) is 8.42 Å². The molecule has 4 rings (SSSR count). The lowest BCUT2D eigenvalue weighted by atomic mass is 10.2. The highest BCUT2D eigenvalue weighted by Crippen LogP contribution is 2.29. The predicted octanol–water partition coefficient (Wildman–Crippen LogP) is 2.19. The zero-order valence-corrected chi connectivity index (χ0v) is 14.1. The lowest BCUT2D eigenvalue weighted by Crippen LogP contribution is -2.35. The second-order valence-electron chi connectivity index (χ2n) is 6.33. The fraction of sp³-hybridized carbons (Fsp3) is 0.333. The summed E-state index contributed by atoms with van der Waals surface area (Å²) in [5, 5.41) is 12.8. The summed E-state index contributed by atoms with van der Waals surface area (Å²) in [4.78, 5) is 0. The second-order valence-corrected chi connectivity index (χ2v) is 8.41. The third kappa shape index (κ3) is 2.60. The largest absolute Gasteiger partial charge is 0.390 e. The first kappa shape index (κ1) is 15.6. The fourth-order valence-electron chi connectivity index (χ4n) is 3.60. The van der Waals surface area contributed by atoms with Crippen LogP contribution in [-0.4, -0.2) is 47.3 Å². The summed E-state index contributed by atoms with van der Waals surface area (Å²) >= 11 is 0. The van der Waals surface area contributed by atoms with E-state index in [1.807, 2.05) is 36.4 Å². The number of aliphatic hydroxyl groups excluding tert-OH is 1. The first-order chi connectivity index (χ1) is 11.6. The first-order valence-electron chi connectivity index (χ1n) is 8.18. The number of rotatable bonds is 4. The van der Waals surface area contributed by atoms with Crippen LogP contribution in [0.4, 0.5) is 0 Å². The first-order valence-corrected chi connectivity index (χ1v) is 9.79. The van der Waals surface area contributed by atoms with E-state index in [1.165, 1.54) is 4.31 Å². The van der Waals surface area contributed by atoms with Gasteiger partial charge in [-0.3, -0.25) is 0 Å². The van der Waals surface area contributed by atoms with E-state index in [2.05, 4.69) is 16.7 Å². The molecule has 126 valence electrons. The lowest BCUT2D eigenvalue weighted by molar-refractivity contribution is 0.133. The van der Waals surface area contributed by atoms with Crippen molar-refractivity contribution in [2.45, 2.75) is 19.1 Å². The van der Waals surface area contributed by atoms with Crippen LogP contribution in [0.1, 0.15) is 6.42 Å².